The van der Waals surface area contributed by atoms with Crippen molar-refractivity contribution in [2.75, 3.05) is 19.6 Å². The maximum atomic E-state index is 12.8. The standard InChI is InChI=1S/C22H28N2O3S/c1-17-3-5-19(6-4-17)15-23-16-22(25)20-7-9-21(10-8-20)28(26,27)24-13-11-18(2)12-14-24/h3-10,18,23H,11-16H2,1-2H3. The molecule has 0 atom stereocenters. The predicted molar refractivity (Wildman–Crippen MR) is 111 cm³/mol. The van der Waals surface area contributed by atoms with Gasteiger partial charge >= 0.3 is 0 Å². The molecule has 150 valence electrons. The van der Waals surface area contributed by atoms with Crippen LogP contribution in [0.1, 0.15) is 41.3 Å². The molecule has 1 aliphatic heterocycles. The molecule has 0 aromatic heterocycles. The first-order valence-electron chi connectivity index (χ1n) is 9.76. The number of piperidine rings is 1. The zero-order valence-corrected chi connectivity index (χ0v) is 17.3. The molecule has 0 amide bonds. The lowest BCUT2D eigenvalue weighted by Crippen LogP contribution is -2.37. The Hall–Kier alpha value is -2.02. The molecule has 0 bridgehead atoms. The van der Waals surface area contributed by atoms with E-state index in [4.69, 9.17) is 0 Å². The van der Waals surface area contributed by atoms with Crippen LogP contribution >= 0.6 is 0 Å². The topological polar surface area (TPSA) is 66.5 Å². The highest BCUT2D eigenvalue weighted by atomic mass is 32.2. The van der Waals surface area contributed by atoms with E-state index in [9.17, 15) is 13.2 Å². The van der Waals surface area contributed by atoms with E-state index >= 15 is 0 Å². The summed E-state index contributed by atoms with van der Waals surface area (Å²) in [5, 5.41) is 3.14. The Labute approximate surface area is 167 Å². The van der Waals surface area contributed by atoms with Gasteiger partial charge in [-0.3, -0.25) is 4.79 Å². The number of rotatable bonds is 7. The summed E-state index contributed by atoms with van der Waals surface area (Å²) in [4.78, 5) is 12.6. The smallest absolute Gasteiger partial charge is 0.243 e. The van der Waals surface area contributed by atoms with Gasteiger partial charge in [-0.15, -0.1) is 0 Å². The minimum absolute atomic E-state index is 0.0529. The number of nitrogens with one attached hydrogen (secondary N) is 1. The van der Waals surface area contributed by atoms with Gasteiger partial charge in [0.15, 0.2) is 5.78 Å². The van der Waals surface area contributed by atoms with Gasteiger partial charge in [-0.2, -0.15) is 4.31 Å². The van der Waals surface area contributed by atoms with Crippen LogP contribution in [-0.2, 0) is 16.6 Å². The number of hydrogen-bond donors (Lipinski definition) is 1. The third-order valence-corrected chi connectivity index (χ3v) is 7.20. The number of sulfonamides is 1. The fourth-order valence-electron chi connectivity index (χ4n) is 3.32. The third kappa shape index (κ3) is 5.07. The number of hydrogen-bond acceptors (Lipinski definition) is 4. The predicted octanol–water partition coefficient (Wildman–Crippen LogP) is 3.39. The van der Waals surface area contributed by atoms with E-state index in [2.05, 4.69) is 12.2 Å². The lowest BCUT2D eigenvalue weighted by Gasteiger charge is -2.29. The largest absolute Gasteiger partial charge is 0.306 e. The van der Waals surface area contributed by atoms with Gasteiger partial charge in [0, 0.05) is 25.2 Å². The Morgan fingerprint density at radius 2 is 1.64 bits per heavy atom. The highest BCUT2D eigenvalue weighted by Gasteiger charge is 2.28. The Morgan fingerprint density at radius 3 is 2.25 bits per heavy atom. The minimum Gasteiger partial charge on any atom is -0.306 e. The molecule has 0 aliphatic carbocycles. The molecule has 5 nitrogen and oxygen atoms in total. The molecule has 1 saturated heterocycles. The Balaban J connectivity index is 1.57. The van der Waals surface area contributed by atoms with E-state index in [-0.39, 0.29) is 17.2 Å². The molecule has 1 aliphatic rings. The molecule has 1 N–H and O–H groups in total. The van der Waals surface area contributed by atoms with E-state index in [1.807, 2.05) is 31.2 Å². The van der Waals surface area contributed by atoms with Crippen LogP contribution in [0.15, 0.2) is 53.4 Å². The molecule has 28 heavy (non-hydrogen) atoms. The van der Waals surface area contributed by atoms with Crippen LogP contribution in [0.5, 0.6) is 0 Å². The number of aryl methyl sites for hydroxylation is 1. The van der Waals surface area contributed by atoms with Gasteiger partial charge in [-0.05, 0) is 43.4 Å². The minimum atomic E-state index is -3.48. The summed E-state index contributed by atoms with van der Waals surface area (Å²) in [6.07, 6.45) is 1.78. The summed E-state index contributed by atoms with van der Waals surface area (Å²) in [7, 11) is -3.48. The van der Waals surface area contributed by atoms with E-state index in [1.165, 1.54) is 5.56 Å². The van der Waals surface area contributed by atoms with E-state index in [1.54, 1.807) is 28.6 Å². The first kappa shape index (κ1) is 20.7. The first-order chi connectivity index (χ1) is 13.4. The zero-order valence-electron chi connectivity index (χ0n) is 16.5. The van der Waals surface area contributed by atoms with Gasteiger partial charge in [0.05, 0.1) is 11.4 Å². The average molecular weight is 401 g/mol. The molecule has 2 aromatic rings. The molecule has 0 unspecified atom stereocenters. The highest BCUT2D eigenvalue weighted by molar-refractivity contribution is 7.89. The van der Waals surface area contributed by atoms with Crippen molar-refractivity contribution in [2.45, 2.75) is 38.1 Å². The van der Waals surface area contributed by atoms with Crippen LogP contribution in [0.3, 0.4) is 0 Å². The molecule has 0 radical (unpaired) electrons. The van der Waals surface area contributed by atoms with Gasteiger partial charge < -0.3 is 5.32 Å². The summed E-state index contributed by atoms with van der Waals surface area (Å²) < 4.78 is 27.1. The van der Waals surface area contributed by atoms with Crippen LogP contribution in [0.25, 0.3) is 0 Å². The quantitative estimate of drug-likeness (QED) is 0.724. The van der Waals surface area contributed by atoms with Crippen molar-refractivity contribution in [1.82, 2.24) is 9.62 Å². The molecular weight excluding hydrogens is 372 g/mol. The molecular formula is C22H28N2O3S. The SMILES string of the molecule is Cc1ccc(CNCC(=O)c2ccc(S(=O)(=O)N3CCC(C)CC3)cc2)cc1. The number of Topliss-reactive ketones (excluding diaryl/α,β-unsaturated/α-hetero) is 1. The van der Waals surface area contributed by atoms with E-state index in [0.29, 0.717) is 31.1 Å². The summed E-state index contributed by atoms with van der Waals surface area (Å²) in [6, 6.07) is 14.5. The van der Waals surface area contributed by atoms with Crippen LogP contribution < -0.4 is 5.32 Å². The summed E-state index contributed by atoms with van der Waals surface area (Å²) >= 11 is 0. The van der Waals surface area contributed by atoms with Crippen molar-refractivity contribution in [2.24, 2.45) is 5.92 Å². The fourth-order valence-corrected chi connectivity index (χ4v) is 4.79. The first-order valence-corrected chi connectivity index (χ1v) is 11.2. The van der Waals surface area contributed by atoms with Gasteiger partial charge in [0.2, 0.25) is 10.0 Å². The van der Waals surface area contributed by atoms with Crippen LogP contribution in [0.4, 0.5) is 0 Å². The Bertz CT molecular complexity index is 898. The van der Waals surface area contributed by atoms with Gasteiger partial charge in [-0.25, -0.2) is 8.42 Å². The van der Waals surface area contributed by atoms with Gasteiger partial charge in [0.1, 0.15) is 0 Å². The Morgan fingerprint density at radius 1 is 1.04 bits per heavy atom. The van der Waals surface area contributed by atoms with Crippen molar-refractivity contribution in [1.29, 1.82) is 0 Å². The molecule has 1 fully saturated rings. The zero-order chi connectivity index (χ0) is 20.1. The fraction of sp³-hybridized carbons (Fsp3) is 0.409. The Kier molecular flexibility index (Phi) is 6.65. The van der Waals surface area contributed by atoms with Crippen molar-refractivity contribution in [3.05, 3.63) is 65.2 Å². The van der Waals surface area contributed by atoms with Crippen molar-refractivity contribution in [3.63, 3.8) is 0 Å². The maximum Gasteiger partial charge on any atom is 0.243 e. The molecule has 0 saturated carbocycles. The number of ketones is 1. The highest BCUT2D eigenvalue weighted by Crippen LogP contribution is 2.23. The number of carbonyl (C=O) groups is 1. The van der Waals surface area contributed by atoms with Crippen molar-refractivity contribution >= 4 is 15.8 Å². The molecule has 3 rings (SSSR count). The number of benzene rings is 2. The molecule has 0 spiro atoms. The summed E-state index contributed by atoms with van der Waals surface area (Å²) in [6.45, 7) is 6.14. The van der Waals surface area contributed by atoms with Gasteiger partial charge in [0.25, 0.3) is 0 Å². The number of nitrogens with zero attached hydrogens (tertiary/aromatic N) is 1. The molecule has 1 heterocycles. The van der Waals surface area contributed by atoms with E-state index in [0.717, 1.165) is 18.4 Å². The van der Waals surface area contributed by atoms with Crippen LogP contribution in [0.2, 0.25) is 0 Å². The normalized spacial score (nSPS) is 16.2. The van der Waals surface area contributed by atoms with Crippen LogP contribution in [-0.4, -0.2) is 38.1 Å². The monoisotopic (exact) mass is 400 g/mol. The van der Waals surface area contributed by atoms with Crippen LogP contribution in [0, 0.1) is 12.8 Å². The third-order valence-electron chi connectivity index (χ3n) is 5.29. The summed E-state index contributed by atoms with van der Waals surface area (Å²) in [5.74, 6) is 0.515. The van der Waals surface area contributed by atoms with Gasteiger partial charge in [-0.1, -0.05) is 48.9 Å². The van der Waals surface area contributed by atoms with Crippen molar-refractivity contribution < 1.29 is 13.2 Å². The molecule has 6 heteroatoms. The maximum absolute atomic E-state index is 12.8. The lowest BCUT2D eigenvalue weighted by atomic mass is 10.0. The summed E-state index contributed by atoms with van der Waals surface area (Å²) in [5.41, 5.74) is 2.84. The number of carbonyl (C=O) groups excluding carboxylic acids is 1. The average Bonchev–Trinajstić information content (AvgIpc) is 2.70. The molecule has 2 aromatic carbocycles. The van der Waals surface area contributed by atoms with Crippen molar-refractivity contribution in [3.8, 4) is 0 Å². The van der Waals surface area contributed by atoms with E-state index < -0.39 is 10.0 Å². The lowest BCUT2D eigenvalue weighted by molar-refractivity contribution is 0.0990. The second kappa shape index (κ2) is 8.99. The second-order valence-corrected chi connectivity index (χ2v) is 9.56. The second-order valence-electron chi connectivity index (χ2n) is 7.62.